The molecule has 0 bridgehead atoms. The predicted octanol–water partition coefficient (Wildman–Crippen LogP) is 8.75. The van der Waals surface area contributed by atoms with Crippen molar-refractivity contribution in [1.82, 2.24) is 0 Å². The first-order valence-corrected chi connectivity index (χ1v) is 13.0. The fourth-order valence-electron chi connectivity index (χ4n) is 5.78. The van der Waals surface area contributed by atoms with Crippen LogP contribution in [0.1, 0.15) is 93.4 Å². The fraction of sp³-hybridized carbons (Fsp3) is 0.667. The number of ether oxygens (including phenoxy) is 1. The lowest BCUT2D eigenvalue weighted by atomic mass is 9.81. The summed E-state index contributed by atoms with van der Waals surface area (Å²) in [5.74, 6) is 2.64. The largest absolute Gasteiger partial charge is 0.374 e. The molecule has 0 N–H and O–H groups in total. The second-order valence-corrected chi connectivity index (χ2v) is 10.7. The van der Waals surface area contributed by atoms with Crippen molar-refractivity contribution in [3.63, 3.8) is 0 Å². The minimum atomic E-state index is 0.409. The van der Waals surface area contributed by atoms with Gasteiger partial charge in [-0.15, -0.1) is 0 Å². The van der Waals surface area contributed by atoms with Crippen molar-refractivity contribution in [3.05, 3.63) is 57.7 Å². The van der Waals surface area contributed by atoms with Gasteiger partial charge in [0.1, 0.15) is 0 Å². The van der Waals surface area contributed by atoms with Gasteiger partial charge in [0.25, 0.3) is 0 Å². The lowest BCUT2D eigenvalue weighted by Crippen LogP contribution is -2.17. The van der Waals surface area contributed by atoms with E-state index in [2.05, 4.69) is 72.8 Å². The van der Waals surface area contributed by atoms with Gasteiger partial charge in [0.2, 0.25) is 0 Å². The fourth-order valence-corrected chi connectivity index (χ4v) is 5.78. The summed E-state index contributed by atoms with van der Waals surface area (Å²) in [6.07, 6.45) is 18.6. The Kier molecular flexibility index (Phi) is 8.62. The van der Waals surface area contributed by atoms with Gasteiger partial charge in [0.05, 0.1) is 12.7 Å². The molecule has 0 saturated carbocycles. The Balaban J connectivity index is 1.66. The maximum atomic E-state index is 6.31. The second kappa shape index (κ2) is 11.0. The summed E-state index contributed by atoms with van der Waals surface area (Å²) in [6, 6.07) is 0. The van der Waals surface area contributed by atoms with Gasteiger partial charge < -0.3 is 4.74 Å². The van der Waals surface area contributed by atoms with E-state index in [0.29, 0.717) is 23.9 Å². The average molecular weight is 423 g/mol. The highest BCUT2D eigenvalue weighted by Crippen LogP contribution is 2.45. The first kappa shape index (κ1) is 24.3. The lowest BCUT2D eigenvalue weighted by molar-refractivity contribution is 0.0616. The maximum absolute atomic E-state index is 6.31. The highest BCUT2D eigenvalue weighted by Gasteiger charge is 2.32. The minimum absolute atomic E-state index is 0.409. The number of hydrogen-bond donors (Lipinski definition) is 0. The molecule has 4 atom stereocenters. The van der Waals surface area contributed by atoms with E-state index in [1.807, 2.05) is 0 Å². The van der Waals surface area contributed by atoms with Crippen LogP contribution in [0.4, 0.5) is 0 Å². The molecule has 0 amide bonds. The van der Waals surface area contributed by atoms with Crippen molar-refractivity contribution in [3.8, 4) is 0 Å². The standard InChI is InChI=1S/C30H46O/c1-8-21(5)16-22(6)28-18-29(30(20(3)4)23(28)7)26-13-10-25(17-26)19-31-27-14-11-24(9-2)12-15-27/h11,13,17-18,20-22,27,30H,8-10,12,14-16,19H2,1-7H3. The van der Waals surface area contributed by atoms with Crippen LogP contribution in [0.25, 0.3) is 0 Å². The van der Waals surface area contributed by atoms with Gasteiger partial charge in [0.15, 0.2) is 0 Å². The van der Waals surface area contributed by atoms with Gasteiger partial charge >= 0.3 is 0 Å². The third-order valence-electron chi connectivity index (χ3n) is 7.91. The molecule has 3 aliphatic rings. The molecule has 0 fully saturated rings. The zero-order valence-corrected chi connectivity index (χ0v) is 21.3. The normalized spacial score (nSPS) is 26.1. The van der Waals surface area contributed by atoms with Gasteiger partial charge in [-0.1, -0.05) is 83.4 Å². The molecular weight excluding hydrogens is 376 g/mol. The maximum Gasteiger partial charge on any atom is 0.0687 e. The highest BCUT2D eigenvalue weighted by molar-refractivity contribution is 5.57. The second-order valence-electron chi connectivity index (χ2n) is 10.7. The molecule has 4 unspecified atom stereocenters. The van der Waals surface area contributed by atoms with Crippen molar-refractivity contribution < 1.29 is 4.74 Å². The number of hydrogen-bond acceptors (Lipinski definition) is 1. The third-order valence-corrected chi connectivity index (χ3v) is 7.91. The van der Waals surface area contributed by atoms with E-state index in [9.17, 15) is 0 Å². The lowest BCUT2D eigenvalue weighted by Gasteiger charge is -2.23. The average Bonchev–Trinajstić information content (AvgIpc) is 3.36. The summed E-state index contributed by atoms with van der Waals surface area (Å²) in [6.45, 7) is 17.4. The Bertz CT molecular complexity index is 785. The Morgan fingerprint density at radius 2 is 1.81 bits per heavy atom. The molecule has 1 nitrogen and oxygen atoms in total. The van der Waals surface area contributed by atoms with E-state index >= 15 is 0 Å². The molecule has 172 valence electrons. The first-order valence-electron chi connectivity index (χ1n) is 13.0. The monoisotopic (exact) mass is 422 g/mol. The van der Waals surface area contributed by atoms with E-state index in [1.54, 1.807) is 22.3 Å². The van der Waals surface area contributed by atoms with Crippen LogP contribution in [0, 0.1) is 23.7 Å². The first-order chi connectivity index (χ1) is 14.8. The molecule has 0 aliphatic heterocycles. The van der Waals surface area contributed by atoms with Gasteiger partial charge in [-0.05, 0) is 85.5 Å². The van der Waals surface area contributed by atoms with Crippen LogP contribution in [0.15, 0.2) is 57.7 Å². The van der Waals surface area contributed by atoms with Gasteiger partial charge in [-0.3, -0.25) is 0 Å². The van der Waals surface area contributed by atoms with Crippen LogP contribution < -0.4 is 0 Å². The molecule has 3 aliphatic carbocycles. The minimum Gasteiger partial charge on any atom is -0.374 e. The SMILES string of the molecule is CCC1=CCC(OCC2=CC(C3=CC(C(C)CC(C)CC)=C(C)C3C(C)C)=CC2)CC1. The molecule has 3 rings (SSSR count). The van der Waals surface area contributed by atoms with Crippen molar-refractivity contribution in [2.75, 3.05) is 6.61 Å². The molecule has 0 heterocycles. The number of allylic oxidation sites excluding steroid dienone is 8. The van der Waals surface area contributed by atoms with Crippen LogP contribution in [0.2, 0.25) is 0 Å². The molecule has 0 aromatic carbocycles. The van der Waals surface area contributed by atoms with E-state index in [1.165, 1.54) is 43.3 Å². The molecule has 0 radical (unpaired) electrons. The summed E-state index contributed by atoms with van der Waals surface area (Å²) in [5.41, 5.74) is 9.29. The van der Waals surface area contributed by atoms with Crippen LogP contribution >= 0.6 is 0 Å². The molecule has 31 heavy (non-hydrogen) atoms. The third kappa shape index (κ3) is 5.92. The van der Waals surface area contributed by atoms with Crippen LogP contribution in [0.5, 0.6) is 0 Å². The van der Waals surface area contributed by atoms with E-state index in [0.717, 1.165) is 25.4 Å². The van der Waals surface area contributed by atoms with Gasteiger partial charge in [0, 0.05) is 5.92 Å². The predicted molar refractivity (Wildman–Crippen MR) is 135 cm³/mol. The van der Waals surface area contributed by atoms with Crippen LogP contribution in [0.3, 0.4) is 0 Å². The Hall–Kier alpha value is -1.34. The van der Waals surface area contributed by atoms with Gasteiger partial charge in [-0.2, -0.15) is 0 Å². The topological polar surface area (TPSA) is 9.23 Å². The summed E-state index contributed by atoms with van der Waals surface area (Å²) in [5, 5.41) is 0. The quantitative estimate of drug-likeness (QED) is 0.320. The molecule has 1 heteroatoms. The highest BCUT2D eigenvalue weighted by atomic mass is 16.5. The van der Waals surface area contributed by atoms with E-state index < -0.39 is 0 Å². The van der Waals surface area contributed by atoms with Crippen molar-refractivity contribution in [2.24, 2.45) is 23.7 Å². The molecule has 0 spiro atoms. The van der Waals surface area contributed by atoms with E-state index in [-0.39, 0.29) is 0 Å². The van der Waals surface area contributed by atoms with Gasteiger partial charge in [-0.25, -0.2) is 0 Å². The molecule has 0 aromatic heterocycles. The van der Waals surface area contributed by atoms with E-state index in [4.69, 9.17) is 4.74 Å². The van der Waals surface area contributed by atoms with Crippen LogP contribution in [-0.4, -0.2) is 12.7 Å². The van der Waals surface area contributed by atoms with Crippen molar-refractivity contribution in [2.45, 2.75) is 99.5 Å². The van der Waals surface area contributed by atoms with Crippen molar-refractivity contribution in [1.29, 1.82) is 0 Å². The van der Waals surface area contributed by atoms with Crippen molar-refractivity contribution >= 4 is 0 Å². The zero-order valence-electron chi connectivity index (χ0n) is 21.3. The summed E-state index contributed by atoms with van der Waals surface area (Å²) < 4.78 is 6.31. The zero-order chi connectivity index (χ0) is 22.5. The summed E-state index contributed by atoms with van der Waals surface area (Å²) >= 11 is 0. The molecule has 0 aromatic rings. The van der Waals surface area contributed by atoms with Crippen LogP contribution in [-0.2, 0) is 4.74 Å². The Morgan fingerprint density at radius 3 is 2.42 bits per heavy atom. The smallest absolute Gasteiger partial charge is 0.0687 e. The number of rotatable bonds is 10. The summed E-state index contributed by atoms with van der Waals surface area (Å²) in [7, 11) is 0. The summed E-state index contributed by atoms with van der Waals surface area (Å²) in [4.78, 5) is 0. The molecule has 0 saturated heterocycles. The Morgan fingerprint density at radius 1 is 1.03 bits per heavy atom. The molecular formula is C30H46O. The Labute approximate surface area is 192 Å².